The SMILES string of the molecule is O=C(O)c1cc(C=Cc2ccc([N+](=O)[O-])o2)nc2ccccc12.[Na]. The fourth-order valence-corrected chi connectivity index (χ4v) is 2.16. The summed E-state index contributed by atoms with van der Waals surface area (Å²) in [5.41, 5.74) is 1.11. The van der Waals surface area contributed by atoms with Gasteiger partial charge in [-0.15, -0.1) is 0 Å². The Morgan fingerprint density at radius 1 is 1.21 bits per heavy atom. The van der Waals surface area contributed by atoms with Crippen LogP contribution < -0.4 is 0 Å². The fraction of sp³-hybridized carbons (Fsp3) is 0. The van der Waals surface area contributed by atoms with Gasteiger partial charge in [0, 0.05) is 34.9 Å². The zero-order valence-corrected chi connectivity index (χ0v) is 14.7. The molecule has 1 aromatic carbocycles. The Hall–Kier alpha value is -2.48. The molecule has 0 amide bonds. The van der Waals surface area contributed by atoms with Crippen LogP contribution in [0, 0.1) is 10.1 Å². The summed E-state index contributed by atoms with van der Waals surface area (Å²) in [6.45, 7) is 0. The quantitative estimate of drug-likeness (QED) is 0.446. The van der Waals surface area contributed by atoms with Crippen LogP contribution in [0.25, 0.3) is 23.1 Å². The molecule has 0 unspecified atom stereocenters. The van der Waals surface area contributed by atoms with E-state index in [1.165, 1.54) is 24.3 Å². The standard InChI is InChI=1S/C16H10N2O5.Na/c19-16(20)13-9-10(17-14-4-2-1-3-12(13)14)5-6-11-7-8-15(23-11)18(21)22;/h1-9H,(H,19,20);. The van der Waals surface area contributed by atoms with Crippen LogP contribution in [-0.4, -0.2) is 50.5 Å². The van der Waals surface area contributed by atoms with Crippen molar-refractivity contribution in [3.8, 4) is 0 Å². The maximum absolute atomic E-state index is 11.4. The third-order valence-electron chi connectivity index (χ3n) is 3.18. The first-order valence-electron chi connectivity index (χ1n) is 6.60. The number of para-hydroxylation sites is 1. The number of furan rings is 1. The molecule has 0 saturated carbocycles. The molecule has 1 N–H and O–H groups in total. The molecule has 8 heteroatoms. The predicted octanol–water partition coefficient (Wildman–Crippen LogP) is 3.22. The summed E-state index contributed by atoms with van der Waals surface area (Å²) in [5, 5.41) is 20.4. The zero-order chi connectivity index (χ0) is 16.4. The van der Waals surface area contributed by atoms with Crippen LogP contribution in [0.2, 0.25) is 0 Å². The Morgan fingerprint density at radius 2 is 1.96 bits per heavy atom. The average molecular weight is 333 g/mol. The second kappa shape index (κ2) is 7.39. The summed E-state index contributed by atoms with van der Waals surface area (Å²) in [4.78, 5) is 25.7. The number of hydrogen-bond donors (Lipinski definition) is 1. The molecular weight excluding hydrogens is 323 g/mol. The summed E-state index contributed by atoms with van der Waals surface area (Å²) in [6, 6.07) is 11.1. The Kier molecular flexibility index (Phi) is 5.50. The number of pyridine rings is 1. The van der Waals surface area contributed by atoms with Crippen molar-refractivity contribution in [2.24, 2.45) is 0 Å². The van der Waals surface area contributed by atoms with Gasteiger partial charge in [-0.1, -0.05) is 18.2 Å². The van der Waals surface area contributed by atoms with E-state index in [9.17, 15) is 20.0 Å². The molecule has 2 heterocycles. The van der Waals surface area contributed by atoms with E-state index in [4.69, 9.17) is 4.42 Å². The van der Waals surface area contributed by atoms with Crippen molar-refractivity contribution >= 4 is 64.5 Å². The Balaban J connectivity index is 0.00000208. The van der Waals surface area contributed by atoms with Crippen LogP contribution in [-0.2, 0) is 0 Å². The van der Waals surface area contributed by atoms with Crippen molar-refractivity contribution in [1.82, 2.24) is 4.98 Å². The van der Waals surface area contributed by atoms with Gasteiger partial charge in [0.2, 0.25) is 0 Å². The van der Waals surface area contributed by atoms with Crippen molar-refractivity contribution in [1.29, 1.82) is 0 Å². The second-order valence-corrected chi connectivity index (χ2v) is 4.68. The smallest absolute Gasteiger partial charge is 0.433 e. The molecule has 3 rings (SSSR count). The Labute approximate surface area is 158 Å². The van der Waals surface area contributed by atoms with Crippen LogP contribution in [0.5, 0.6) is 0 Å². The maximum Gasteiger partial charge on any atom is 0.433 e. The van der Waals surface area contributed by atoms with Crippen molar-refractivity contribution in [2.45, 2.75) is 0 Å². The van der Waals surface area contributed by atoms with E-state index < -0.39 is 10.9 Å². The first-order valence-corrected chi connectivity index (χ1v) is 6.60. The minimum absolute atomic E-state index is 0. The van der Waals surface area contributed by atoms with Gasteiger partial charge >= 0.3 is 11.9 Å². The average Bonchev–Trinajstić information content (AvgIpc) is 3.01. The molecule has 0 fully saturated rings. The third kappa shape index (κ3) is 3.70. The largest absolute Gasteiger partial charge is 0.478 e. The summed E-state index contributed by atoms with van der Waals surface area (Å²) >= 11 is 0. The van der Waals surface area contributed by atoms with Gasteiger partial charge in [0.15, 0.2) is 0 Å². The van der Waals surface area contributed by atoms with Crippen LogP contribution in [0.1, 0.15) is 21.8 Å². The van der Waals surface area contributed by atoms with Gasteiger partial charge in [0.1, 0.15) is 10.7 Å². The first-order chi connectivity index (χ1) is 11.0. The molecule has 0 aliphatic heterocycles. The van der Waals surface area contributed by atoms with Gasteiger partial charge in [-0.2, -0.15) is 0 Å². The third-order valence-corrected chi connectivity index (χ3v) is 3.18. The van der Waals surface area contributed by atoms with E-state index in [2.05, 4.69) is 4.98 Å². The number of carboxylic acids is 1. The first kappa shape index (κ1) is 17.9. The minimum atomic E-state index is -1.05. The molecule has 0 bridgehead atoms. The van der Waals surface area contributed by atoms with Crippen LogP contribution in [0.3, 0.4) is 0 Å². The molecule has 24 heavy (non-hydrogen) atoms. The van der Waals surface area contributed by atoms with E-state index in [0.717, 1.165) is 0 Å². The Morgan fingerprint density at radius 3 is 2.62 bits per heavy atom. The summed E-state index contributed by atoms with van der Waals surface area (Å²) in [6.07, 6.45) is 3.04. The molecule has 3 aromatic rings. The van der Waals surface area contributed by atoms with Gasteiger partial charge < -0.3 is 9.52 Å². The number of nitrogens with zero attached hydrogens (tertiary/aromatic N) is 2. The molecule has 0 atom stereocenters. The van der Waals surface area contributed by atoms with Crippen LogP contribution >= 0.6 is 0 Å². The van der Waals surface area contributed by atoms with Crippen LogP contribution in [0.4, 0.5) is 5.88 Å². The normalized spacial score (nSPS) is 10.7. The number of rotatable bonds is 4. The zero-order valence-electron chi connectivity index (χ0n) is 12.7. The number of nitro groups is 1. The molecule has 115 valence electrons. The van der Waals surface area contributed by atoms with E-state index in [0.29, 0.717) is 16.6 Å². The molecule has 0 spiro atoms. The summed E-state index contributed by atoms with van der Waals surface area (Å²) < 4.78 is 5.00. The molecule has 2 aromatic heterocycles. The van der Waals surface area contributed by atoms with E-state index >= 15 is 0 Å². The second-order valence-electron chi connectivity index (χ2n) is 4.68. The predicted molar refractivity (Wildman–Crippen MR) is 88.7 cm³/mol. The molecule has 0 aliphatic rings. The topological polar surface area (TPSA) is 106 Å². The van der Waals surface area contributed by atoms with Gasteiger partial charge in [0.25, 0.3) is 0 Å². The van der Waals surface area contributed by atoms with E-state index in [1.807, 2.05) is 0 Å². The molecule has 1 radical (unpaired) electrons. The molecule has 7 nitrogen and oxygen atoms in total. The van der Waals surface area contributed by atoms with Gasteiger partial charge in [-0.3, -0.25) is 10.1 Å². The number of hydrogen-bond acceptors (Lipinski definition) is 5. The van der Waals surface area contributed by atoms with Crippen molar-refractivity contribution in [3.63, 3.8) is 0 Å². The number of aromatic carboxylic acids is 1. The minimum Gasteiger partial charge on any atom is -0.478 e. The fourth-order valence-electron chi connectivity index (χ4n) is 2.16. The van der Waals surface area contributed by atoms with E-state index in [1.54, 1.807) is 30.3 Å². The summed E-state index contributed by atoms with van der Waals surface area (Å²) in [7, 11) is 0. The van der Waals surface area contributed by atoms with Gasteiger partial charge in [0.05, 0.1) is 22.8 Å². The van der Waals surface area contributed by atoms with Crippen molar-refractivity contribution in [2.75, 3.05) is 0 Å². The number of fused-ring (bicyclic) bond motifs is 1. The van der Waals surface area contributed by atoms with Crippen molar-refractivity contribution < 1.29 is 19.2 Å². The monoisotopic (exact) mass is 333 g/mol. The maximum atomic E-state index is 11.4. The molecule has 0 aliphatic carbocycles. The molecular formula is C16H10N2NaO5. The van der Waals surface area contributed by atoms with Crippen molar-refractivity contribution in [3.05, 3.63) is 69.6 Å². The van der Waals surface area contributed by atoms with Gasteiger partial charge in [-0.05, 0) is 30.4 Å². The number of aromatic nitrogens is 1. The number of benzene rings is 1. The van der Waals surface area contributed by atoms with E-state index in [-0.39, 0.29) is 46.8 Å². The Bertz CT molecular complexity index is 949. The van der Waals surface area contributed by atoms with Crippen LogP contribution in [0.15, 0.2) is 46.9 Å². The number of carbonyl (C=O) groups is 1. The van der Waals surface area contributed by atoms with Gasteiger partial charge in [-0.25, -0.2) is 9.78 Å². The molecule has 0 saturated heterocycles. The number of carboxylic acid groups (broad SMARTS) is 1. The summed E-state index contributed by atoms with van der Waals surface area (Å²) in [5.74, 6) is -1.13.